The van der Waals surface area contributed by atoms with E-state index in [1.807, 2.05) is 24.3 Å². The molecule has 18 heavy (non-hydrogen) atoms. The highest BCUT2D eigenvalue weighted by Crippen LogP contribution is 2.34. The molecule has 0 saturated heterocycles. The first-order valence-electron chi connectivity index (χ1n) is 6.89. The predicted octanol–water partition coefficient (Wildman–Crippen LogP) is 3.04. The molecule has 1 aromatic carbocycles. The molecule has 3 nitrogen and oxygen atoms in total. The highest BCUT2D eigenvalue weighted by atomic mass is 16.1. The Morgan fingerprint density at radius 1 is 1.28 bits per heavy atom. The van der Waals surface area contributed by atoms with Crippen molar-refractivity contribution in [3.63, 3.8) is 0 Å². The van der Waals surface area contributed by atoms with Crippen molar-refractivity contribution in [2.24, 2.45) is 5.92 Å². The van der Waals surface area contributed by atoms with Crippen molar-refractivity contribution < 1.29 is 4.79 Å². The summed E-state index contributed by atoms with van der Waals surface area (Å²) in [7, 11) is 0. The fraction of sp³-hybridized carbons (Fsp3) is 0.533. The van der Waals surface area contributed by atoms with Crippen molar-refractivity contribution in [3.8, 4) is 0 Å². The van der Waals surface area contributed by atoms with Crippen LogP contribution in [0.1, 0.15) is 43.5 Å². The molecule has 1 aliphatic rings. The molecule has 0 aromatic heterocycles. The van der Waals surface area contributed by atoms with E-state index in [4.69, 9.17) is 0 Å². The first-order chi connectivity index (χ1) is 8.74. The summed E-state index contributed by atoms with van der Waals surface area (Å²) in [6, 6.07) is 8.07. The Bertz CT molecular complexity index is 399. The quantitative estimate of drug-likeness (QED) is 0.810. The lowest BCUT2D eigenvalue weighted by atomic mass is 10.2. The van der Waals surface area contributed by atoms with E-state index in [0.29, 0.717) is 12.0 Å². The fourth-order valence-corrected chi connectivity index (χ4v) is 2.31. The van der Waals surface area contributed by atoms with Gasteiger partial charge >= 0.3 is 0 Å². The Labute approximate surface area is 109 Å². The molecule has 1 aliphatic carbocycles. The third kappa shape index (κ3) is 3.25. The minimum atomic E-state index is 0.0571. The molecule has 0 aliphatic heterocycles. The lowest BCUT2D eigenvalue weighted by molar-refractivity contribution is 0.0949. The van der Waals surface area contributed by atoms with Gasteiger partial charge in [-0.3, -0.25) is 4.79 Å². The molecular weight excluding hydrogens is 224 g/mol. The maximum atomic E-state index is 12.0. The molecule has 1 saturated carbocycles. The number of anilines is 1. The minimum absolute atomic E-state index is 0.0571. The van der Waals surface area contributed by atoms with Crippen LogP contribution < -0.4 is 10.6 Å². The standard InChI is InChI=1S/C15H22N2O/c1-3-5-12-10-14(12)17-15(18)11-6-8-13(9-7-11)16-4-2/h6-9,12,14,16H,3-5,10H2,1-2H3,(H,17,18). The zero-order chi connectivity index (χ0) is 13.0. The average molecular weight is 246 g/mol. The van der Waals surface area contributed by atoms with Crippen molar-refractivity contribution in [3.05, 3.63) is 29.8 Å². The van der Waals surface area contributed by atoms with Gasteiger partial charge in [-0.15, -0.1) is 0 Å². The molecule has 0 radical (unpaired) electrons. The number of nitrogens with one attached hydrogen (secondary N) is 2. The van der Waals surface area contributed by atoms with E-state index in [0.717, 1.165) is 24.2 Å². The maximum absolute atomic E-state index is 12.0. The van der Waals surface area contributed by atoms with Gasteiger partial charge in [-0.25, -0.2) is 0 Å². The van der Waals surface area contributed by atoms with Crippen molar-refractivity contribution in [1.29, 1.82) is 0 Å². The number of hydrogen-bond acceptors (Lipinski definition) is 2. The summed E-state index contributed by atoms with van der Waals surface area (Å²) in [6.45, 7) is 5.14. The smallest absolute Gasteiger partial charge is 0.251 e. The van der Waals surface area contributed by atoms with Gasteiger partial charge in [0, 0.05) is 23.8 Å². The van der Waals surface area contributed by atoms with Gasteiger partial charge in [0.1, 0.15) is 0 Å². The summed E-state index contributed by atoms with van der Waals surface area (Å²) in [5.41, 5.74) is 1.81. The Morgan fingerprint density at radius 3 is 2.61 bits per heavy atom. The molecule has 2 unspecified atom stereocenters. The number of rotatable bonds is 6. The molecule has 2 N–H and O–H groups in total. The Kier molecular flexibility index (Phi) is 4.24. The molecule has 98 valence electrons. The minimum Gasteiger partial charge on any atom is -0.385 e. The van der Waals surface area contributed by atoms with Gasteiger partial charge < -0.3 is 10.6 Å². The predicted molar refractivity (Wildman–Crippen MR) is 74.9 cm³/mol. The van der Waals surface area contributed by atoms with Gasteiger partial charge in [0.05, 0.1) is 0 Å². The monoisotopic (exact) mass is 246 g/mol. The van der Waals surface area contributed by atoms with Crippen LogP contribution in [0.3, 0.4) is 0 Å². The largest absolute Gasteiger partial charge is 0.385 e. The van der Waals surface area contributed by atoms with Crippen LogP contribution in [0.2, 0.25) is 0 Å². The lowest BCUT2D eigenvalue weighted by Crippen LogP contribution is -2.26. The SMILES string of the molecule is CCCC1CC1NC(=O)c1ccc(NCC)cc1. The van der Waals surface area contributed by atoms with Crippen LogP contribution in [0.5, 0.6) is 0 Å². The van der Waals surface area contributed by atoms with Crippen molar-refractivity contribution >= 4 is 11.6 Å². The number of benzene rings is 1. The molecule has 2 atom stereocenters. The molecule has 0 heterocycles. The molecule has 0 bridgehead atoms. The highest BCUT2D eigenvalue weighted by molar-refractivity contribution is 5.94. The van der Waals surface area contributed by atoms with Crippen LogP contribution >= 0.6 is 0 Å². The zero-order valence-corrected chi connectivity index (χ0v) is 11.2. The van der Waals surface area contributed by atoms with Gasteiger partial charge in [-0.2, -0.15) is 0 Å². The Hall–Kier alpha value is -1.51. The third-order valence-electron chi connectivity index (χ3n) is 3.43. The van der Waals surface area contributed by atoms with Crippen LogP contribution in [0.4, 0.5) is 5.69 Å². The fourth-order valence-electron chi connectivity index (χ4n) is 2.31. The zero-order valence-electron chi connectivity index (χ0n) is 11.2. The van der Waals surface area contributed by atoms with Crippen LogP contribution in [0, 0.1) is 5.92 Å². The van der Waals surface area contributed by atoms with E-state index >= 15 is 0 Å². The van der Waals surface area contributed by atoms with E-state index in [-0.39, 0.29) is 5.91 Å². The van der Waals surface area contributed by atoms with Crippen LogP contribution in [-0.4, -0.2) is 18.5 Å². The summed E-state index contributed by atoms with van der Waals surface area (Å²) in [5, 5.41) is 6.32. The molecule has 1 aromatic rings. The van der Waals surface area contributed by atoms with Gasteiger partial charge in [-0.05, 0) is 49.9 Å². The van der Waals surface area contributed by atoms with Crippen LogP contribution in [0.15, 0.2) is 24.3 Å². The summed E-state index contributed by atoms with van der Waals surface area (Å²) >= 11 is 0. The second-order valence-electron chi connectivity index (χ2n) is 4.97. The maximum Gasteiger partial charge on any atom is 0.251 e. The van der Waals surface area contributed by atoms with Crippen molar-refractivity contribution in [2.45, 2.75) is 39.2 Å². The number of hydrogen-bond donors (Lipinski definition) is 2. The van der Waals surface area contributed by atoms with Crippen LogP contribution in [-0.2, 0) is 0 Å². The van der Waals surface area contributed by atoms with E-state index < -0.39 is 0 Å². The Balaban J connectivity index is 1.85. The number of amides is 1. The lowest BCUT2D eigenvalue weighted by Gasteiger charge is -2.06. The molecule has 1 amide bonds. The normalized spacial score (nSPS) is 21.4. The Morgan fingerprint density at radius 2 is 2.00 bits per heavy atom. The second-order valence-corrected chi connectivity index (χ2v) is 4.97. The molecule has 3 heteroatoms. The number of carbonyl (C=O) groups excluding carboxylic acids is 1. The molecular formula is C15H22N2O. The third-order valence-corrected chi connectivity index (χ3v) is 3.43. The highest BCUT2D eigenvalue weighted by Gasteiger charge is 2.37. The van der Waals surface area contributed by atoms with Gasteiger partial charge in [0.15, 0.2) is 0 Å². The topological polar surface area (TPSA) is 41.1 Å². The summed E-state index contributed by atoms with van der Waals surface area (Å²) in [4.78, 5) is 12.0. The van der Waals surface area contributed by atoms with E-state index in [1.165, 1.54) is 12.8 Å². The molecule has 1 fully saturated rings. The van der Waals surface area contributed by atoms with Crippen molar-refractivity contribution in [2.75, 3.05) is 11.9 Å². The summed E-state index contributed by atoms with van der Waals surface area (Å²) in [5.74, 6) is 0.765. The summed E-state index contributed by atoms with van der Waals surface area (Å²) in [6.07, 6.45) is 3.58. The first kappa shape index (κ1) is 12.9. The number of carbonyl (C=O) groups is 1. The van der Waals surface area contributed by atoms with Crippen LogP contribution in [0.25, 0.3) is 0 Å². The molecule has 2 rings (SSSR count). The van der Waals surface area contributed by atoms with Gasteiger partial charge in [0.2, 0.25) is 0 Å². The van der Waals surface area contributed by atoms with Gasteiger partial charge in [0.25, 0.3) is 5.91 Å². The average Bonchev–Trinajstić information content (AvgIpc) is 3.09. The van der Waals surface area contributed by atoms with Gasteiger partial charge in [-0.1, -0.05) is 13.3 Å². The van der Waals surface area contributed by atoms with Crippen molar-refractivity contribution in [1.82, 2.24) is 5.32 Å². The van der Waals surface area contributed by atoms with E-state index in [2.05, 4.69) is 24.5 Å². The van der Waals surface area contributed by atoms with E-state index in [1.54, 1.807) is 0 Å². The second kappa shape index (κ2) is 5.89. The molecule has 0 spiro atoms. The summed E-state index contributed by atoms with van der Waals surface area (Å²) < 4.78 is 0. The van der Waals surface area contributed by atoms with E-state index in [9.17, 15) is 4.79 Å². The first-order valence-corrected chi connectivity index (χ1v) is 6.89.